The third kappa shape index (κ3) is 4.59. The van der Waals surface area contributed by atoms with Crippen LogP contribution in [0, 0.1) is 0 Å². The van der Waals surface area contributed by atoms with Crippen molar-refractivity contribution in [1.29, 1.82) is 0 Å². The largest absolute Gasteiger partial charge is 0.495 e. The molecule has 5 nitrogen and oxygen atoms in total. The fourth-order valence-corrected chi connectivity index (χ4v) is 2.16. The fourth-order valence-electron chi connectivity index (χ4n) is 2.16. The molecule has 0 atom stereocenters. The van der Waals surface area contributed by atoms with Gasteiger partial charge in [-0.3, -0.25) is 9.59 Å². The van der Waals surface area contributed by atoms with Gasteiger partial charge in [0, 0.05) is 16.7 Å². The van der Waals surface area contributed by atoms with Crippen molar-refractivity contribution in [3.63, 3.8) is 0 Å². The Balaban J connectivity index is 2.19. The molecule has 24 heavy (non-hydrogen) atoms. The van der Waals surface area contributed by atoms with Crippen LogP contribution in [-0.4, -0.2) is 24.5 Å². The first-order valence-corrected chi connectivity index (χ1v) is 7.67. The molecular formula is C19H22N2O3. The number of amides is 2. The van der Waals surface area contributed by atoms with Crippen LogP contribution in [0.4, 0.5) is 5.69 Å². The van der Waals surface area contributed by atoms with E-state index in [0.29, 0.717) is 22.6 Å². The number of nitrogens with one attached hydrogen (secondary N) is 2. The molecule has 0 heterocycles. The van der Waals surface area contributed by atoms with Crippen LogP contribution in [0.1, 0.15) is 41.5 Å². The van der Waals surface area contributed by atoms with Crippen LogP contribution in [0.15, 0.2) is 48.5 Å². The number of rotatable bonds is 4. The molecule has 2 aromatic carbocycles. The molecule has 2 amide bonds. The Hall–Kier alpha value is -2.82. The topological polar surface area (TPSA) is 67.4 Å². The summed E-state index contributed by atoms with van der Waals surface area (Å²) in [6.07, 6.45) is 0. The number of anilines is 1. The van der Waals surface area contributed by atoms with Crippen LogP contribution in [0.25, 0.3) is 0 Å². The van der Waals surface area contributed by atoms with Crippen molar-refractivity contribution in [3.05, 3.63) is 59.7 Å². The zero-order valence-electron chi connectivity index (χ0n) is 14.3. The molecule has 0 saturated heterocycles. The van der Waals surface area contributed by atoms with E-state index in [9.17, 15) is 9.59 Å². The normalized spacial score (nSPS) is 10.8. The fraction of sp³-hybridized carbons (Fsp3) is 0.263. The Labute approximate surface area is 142 Å². The summed E-state index contributed by atoms with van der Waals surface area (Å²) in [6.45, 7) is 5.72. The van der Waals surface area contributed by atoms with Gasteiger partial charge in [-0.25, -0.2) is 0 Å². The van der Waals surface area contributed by atoms with Gasteiger partial charge in [0.2, 0.25) is 0 Å². The third-order valence-corrected chi connectivity index (χ3v) is 3.23. The summed E-state index contributed by atoms with van der Waals surface area (Å²) in [4.78, 5) is 24.7. The molecule has 0 radical (unpaired) electrons. The van der Waals surface area contributed by atoms with Gasteiger partial charge in [0.1, 0.15) is 5.75 Å². The first kappa shape index (κ1) is 17.5. The van der Waals surface area contributed by atoms with Crippen molar-refractivity contribution in [1.82, 2.24) is 5.32 Å². The Morgan fingerprint density at radius 3 is 2.17 bits per heavy atom. The lowest BCUT2D eigenvalue weighted by atomic mass is 10.1. The highest BCUT2D eigenvalue weighted by Gasteiger charge is 2.17. The van der Waals surface area contributed by atoms with Gasteiger partial charge in [-0.2, -0.15) is 0 Å². The van der Waals surface area contributed by atoms with E-state index in [1.807, 2.05) is 32.9 Å². The molecule has 0 spiro atoms. The molecule has 0 fully saturated rings. The Bertz CT molecular complexity index is 748. The molecule has 0 aromatic heterocycles. The van der Waals surface area contributed by atoms with Crippen LogP contribution in [-0.2, 0) is 0 Å². The summed E-state index contributed by atoms with van der Waals surface area (Å²) in [7, 11) is 1.54. The number of methoxy groups -OCH3 is 1. The minimum Gasteiger partial charge on any atom is -0.495 e. The summed E-state index contributed by atoms with van der Waals surface area (Å²) in [6, 6.07) is 13.8. The number of ether oxygens (including phenoxy) is 1. The average Bonchev–Trinajstić information content (AvgIpc) is 2.54. The number of hydrogen-bond donors (Lipinski definition) is 2. The maximum Gasteiger partial charge on any atom is 0.255 e. The van der Waals surface area contributed by atoms with E-state index >= 15 is 0 Å². The van der Waals surface area contributed by atoms with Crippen molar-refractivity contribution in [3.8, 4) is 5.75 Å². The second-order valence-electron chi connectivity index (χ2n) is 6.44. The van der Waals surface area contributed by atoms with Gasteiger partial charge >= 0.3 is 0 Å². The number of carbonyl (C=O) groups is 2. The molecule has 0 aliphatic carbocycles. The lowest BCUT2D eigenvalue weighted by molar-refractivity contribution is 0.0919. The first-order valence-electron chi connectivity index (χ1n) is 7.67. The van der Waals surface area contributed by atoms with E-state index < -0.39 is 0 Å². The lowest BCUT2D eigenvalue weighted by Crippen LogP contribution is -2.40. The maximum absolute atomic E-state index is 12.4. The summed E-state index contributed by atoms with van der Waals surface area (Å²) >= 11 is 0. The SMILES string of the molecule is COc1ccccc1NC(=O)c1cccc(C(=O)NC(C)(C)C)c1. The van der Waals surface area contributed by atoms with Gasteiger partial charge in [-0.05, 0) is 51.1 Å². The Morgan fingerprint density at radius 1 is 0.917 bits per heavy atom. The first-order chi connectivity index (χ1) is 11.3. The second kappa shape index (κ2) is 7.17. The molecule has 0 bridgehead atoms. The Kier molecular flexibility index (Phi) is 5.24. The van der Waals surface area contributed by atoms with Gasteiger partial charge in [0.05, 0.1) is 12.8 Å². The van der Waals surface area contributed by atoms with Gasteiger partial charge in [0.15, 0.2) is 0 Å². The molecule has 2 rings (SSSR count). The van der Waals surface area contributed by atoms with Gasteiger partial charge < -0.3 is 15.4 Å². The number of para-hydroxylation sites is 2. The van der Waals surface area contributed by atoms with Crippen molar-refractivity contribution in [2.24, 2.45) is 0 Å². The molecule has 2 N–H and O–H groups in total. The van der Waals surface area contributed by atoms with Crippen molar-refractivity contribution in [2.75, 3.05) is 12.4 Å². The molecule has 126 valence electrons. The van der Waals surface area contributed by atoms with Crippen LogP contribution in [0.2, 0.25) is 0 Å². The quantitative estimate of drug-likeness (QED) is 0.904. The smallest absolute Gasteiger partial charge is 0.255 e. The number of hydrogen-bond acceptors (Lipinski definition) is 3. The van der Waals surface area contributed by atoms with E-state index in [2.05, 4.69) is 10.6 Å². The van der Waals surface area contributed by atoms with Gasteiger partial charge in [0.25, 0.3) is 11.8 Å². The van der Waals surface area contributed by atoms with Gasteiger partial charge in [-0.1, -0.05) is 18.2 Å². The predicted octanol–water partition coefficient (Wildman–Crippen LogP) is 3.48. The van der Waals surface area contributed by atoms with Crippen molar-refractivity contribution < 1.29 is 14.3 Å². The zero-order valence-corrected chi connectivity index (χ0v) is 14.3. The highest BCUT2D eigenvalue weighted by atomic mass is 16.5. The standard InChI is InChI=1S/C19H22N2O3/c1-19(2,3)21-18(23)14-9-7-8-13(12-14)17(22)20-15-10-5-6-11-16(15)24-4/h5-12H,1-4H3,(H,20,22)(H,21,23). The minimum absolute atomic E-state index is 0.213. The number of carbonyl (C=O) groups excluding carboxylic acids is 2. The zero-order chi connectivity index (χ0) is 17.7. The molecule has 2 aromatic rings. The predicted molar refractivity (Wildman–Crippen MR) is 94.6 cm³/mol. The second-order valence-corrected chi connectivity index (χ2v) is 6.44. The highest BCUT2D eigenvalue weighted by molar-refractivity contribution is 6.06. The Morgan fingerprint density at radius 2 is 1.54 bits per heavy atom. The summed E-state index contributed by atoms with van der Waals surface area (Å²) in [5.74, 6) is 0.0619. The summed E-state index contributed by atoms with van der Waals surface area (Å²) < 4.78 is 5.22. The third-order valence-electron chi connectivity index (χ3n) is 3.23. The average molecular weight is 326 g/mol. The van der Waals surface area contributed by atoms with E-state index in [0.717, 1.165) is 0 Å². The van der Waals surface area contributed by atoms with E-state index in [-0.39, 0.29) is 17.4 Å². The number of benzene rings is 2. The monoisotopic (exact) mass is 326 g/mol. The van der Waals surface area contributed by atoms with E-state index in [1.54, 1.807) is 43.5 Å². The van der Waals surface area contributed by atoms with E-state index in [1.165, 1.54) is 0 Å². The maximum atomic E-state index is 12.4. The van der Waals surface area contributed by atoms with Crippen molar-refractivity contribution >= 4 is 17.5 Å². The summed E-state index contributed by atoms with van der Waals surface area (Å²) in [5, 5.41) is 5.68. The molecular weight excluding hydrogens is 304 g/mol. The molecule has 0 aliphatic rings. The summed E-state index contributed by atoms with van der Waals surface area (Å²) in [5.41, 5.74) is 1.09. The molecule has 0 unspecified atom stereocenters. The van der Waals surface area contributed by atoms with Crippen LogP contribution >= 0.6 is 0 Å². The van der Waals surface area contributed by atoms with Gasteiger partial charge in [-0.15, -0.1) is 0 Å². The molecule has 5 heteroatoms. The van der Waals surface area contributed by atoms with Crippen LogP contribution in [0.5, 0.6) is 5.75 Å². The van der Waals surface area contributed by atoms with Crippen LogP contribution < -0.4 is 15.4 Å². The van der Waals surface area contributed by atoms with Crippen LogP contribution in [0.3, 0.4) is 0 Å². The van der Waals surface area contributed by atoms with E-state index in [4.69, 9.17) is 4.74 Å². The molecule has 0 saturated carbocycles. The highest BCUT2D eigenvalue weighted by Crippen LogP contribution is 2.23. The lowest BCUT2D eigenvalue weighted by Gasteiger charge is -2.20. The minimum atomic E-state index is -0.341. The van der Waals surface area contributed by atoms with Crippen molar-refractivity contribution in [2.45, 2.75) is 26.3 Å². The molecule has 0 aliphatic heterocycles.